The van der Waals surface area contributed by atoms with E-state index in [0.29, 0.717) is 11.4 Å². The first-order chi connectivity index (χ1) is 6.56. The molecule has 4 N–H and O–H groups in total. The number of carbonyl (C=O) groups is 1. The molecule has 0 bridgehead atoms. The third kappa shape index (κ3) is 1.82. The SMILES string of the molecule is CC(=O)Nc1c(C(N)=NO)cnn1C. The van der Waals surface area contributed by atoms with Gasteiger partial charge in [0.1, 0.15) is 5.82 Å². The maximum atomic E-state index is 10.8. The number of amides is 1. The summed E-state index contributed by atoms with van der Waals surface area (Å²) in [5, 5.41) is 17.7. The zero-order valence-electron chi connectivity index (χ0n) is 7.85. The Hall–Kier alpha value is -2.05. The van der Waals surface area contributed by atoms with Crippen LogP contribution in [0.2, 0.25) is 0 Å². The predicted molar refractivity (Wildman–Crippen MR) is 50.0 cm³/mol. The van der Waals surface area contributed by atoms with E-state index in [1.807, 2.05) is 0 Å². The van der Waals surface area contributed by atoms with Gasteiger partial charge >= 0.3 is 0 Å². The highest BCUT2D eigenvalue weighted by Crippen LogP contribution is 2.13. The van der Waals surface area contributed by atoms with Gasteiger partial charge in [-0.3, -0.25) is 9.48 Å². The van der Waals surface area contributed by atoms with Gasteiger partial charge in [-0.2, -0.15) is 5.10 Å². The molecule has 1 rings (SSSR count). The summed E-state index contributed by atoms with van der Waals surface area (Å²) in [5.74, 6) is 0.0511. The lowest BCUT2D eigenvalue weighted by Crippen LogP contribution is -2.18. The summed E-state index contributed by atoms with van der Waals surface area (Å²) in [6.07, 6.45) is 1.40. The minimum atomic E-state index is -0.249. The molecular weight excluding hydrogens is 186 g/mol. The number of nitrogens with two attached hydrogens (primary N) is 1. The van der Waals surface area contributed by atoms with E-state index < -0.39 is 0 Å². The first-order valence-electron chi connectivity index (χ1n) is 3.83. The smallest absolute Gasteiger partial charge is 0.222 e. The number of nitrogens with zero attached hydrogens (tertiary/aromatic N) is 3. The van der Waals surface area contributed by atoms with E-state index >= 15 is 0 Å². The Morgan fingerprint density at radius 1 is 1.79 bits per heavy atom. The second-order valence-electron chi connectivity index (χ2n) is 2.70. The van der Waals surface area contributed by atoms with Crippen molar-refractivity contribution >= 4 is 17.6 Å². The second kappa shape index (κ2) is 3.77. The normalized spacial score (nSPS) is 11.4. The van der Waals surface area contributed by atoms with Crippen LogP contribution in [0.15, 0.2) is 11.4 Å². The Bertz CT molecular complexity index is 381. The Morgan fingerprint density at radius 3 is 2.93 bits per heavy atom. The highest BCUT2D eigenvalue weighted by molar-refractivity contribution is 6.04. The number of rotatable bonds is 2. The number of oxime groups is 1. The van der Waals surface area contributed by atoms with Crippen molar-refractivity contribution in [2.45, 2.75) is 6.92 Å². The number of amidine groups is 1. The highest BCUT2D eigenvalue weighted by atomic mass is 16.4. The molecule has 0 unspecified atom stereocenters. The highest BCUT2D eigenvalue weighted by Gasteiger charge is 2.12. The van der Waals surface area contributed by atoms with E-state index in [0.717, 1.165) is 0 Å². The summed E-state index contributed by atoms with van der Waals surface area (Å²) in [5.41, 5.74) is 5.76. The van der Waals surface area contributed by atoms with Gasteiger partial charge in [0, 0.05) is 14.0 Å². The molecule has 0 aliphatic carbocycles. The third-order valence-corrected chi connectivity index (χ3v) is 1.62. The summed E-state index contributed by atoms with van der Waals surface area (Å²) in [7, 11) is 1.64. The molecule has 76 valence electrons. The van der Waals surface area contributed by atoms with E-state index in [1.54, 1.807) is 7.05 Å². The van der Waals surface area contributed by atoms with Crippen molar-refractivity contribution in [2.75, 3.05) is 5.32 Å². The van der Waals surface area contributed by atoms with Gasteiger partial charge in [0.15, 0.2) is 5.84 Å². The molecule has 7 nitrogen and oxygen atoms in total. The van der Waals surface area contributed by atoms with Crippen LogP contribution in [0.5, 0.6) is 0 Å². The van der Waals surface area contributed by atoms with Crippen LogP contribution >= 0.6 is 0 Å². The molecule has 0 aliphatic heterocycles. The zero-order valence-corrected chi connectivity index (χ0v) is 7.85. The van der Waals surface area contributed by atoms with Gasteiger partial charge in [0.05, 0.1) is 11.8 Å². The number of nitrogens with one attached hydrogen (secondary N) is 1. The number of hydrogen-bond donors (Lipinski definition) is 3. The number of carbonyl (C=O) groups excluding carboxylic acids is 1. The summed E-state index contributed by atoms with van der Waals surface area (Å²) in [6, 6.07) is 0. The summed E-state index contributed by atoms with van der Waals surface area (Å²) in [6.45, 7) is 1.36. The van der Waals surface area contributed by atoms with Gasteiger partial charge in [-0.15, -0.1) is 0 Å². The lowest BCUT2D eigenvalue weighted by atomic mass is 10.3. The maximum Gasteiger partial charge on any atom is 0.222 e. The van der Waals surface area contributed by atoms with Crippen molar-refractivity contribution in [1.29, 1.82) is 0 Å². The first-order valence-corrected chi connectivity index (χ1v) is 3.83. The fraction of sp³-hybridized carbons (Fsp3) is 0.286. The lowest BCUT2D eigenvalue weighted by molar-refractivity contribution is -0.114. The molecule has 1 heterocycles. The molecule has 0 radical (unpaired) electrons. The summed E-state index contributed by atoms with van der Waals surface area (Å²) < 4.78 is 1.43. The molecule has 1 aromatic heterocycles. The Labute approximate surface area is 80.2 Å². The molecule has 0 saturated heterocycles. The minimum absolute atomic E-state index is 0.0955. The first kappa shape index (κ1) is 10.0. The van der Waals surface area contributed by atoms with Gasteiger partial charge in [-0.05, 0) is 0 Å². The van der Waals surface area contributed by atoms with E-state index in [2.05, 4.69) is 15.6 Å². The van der Waals surface area contributed by atoms with Crippen molar-refractivity contribution in [3.63, 3.8) is 0 Å². The Morgan fingerprint density at radius 2 is 2.43 bits per heavy atom. The van der Waals surface area contributed by atoms with Gasteiger partial charge in [-0.25, -0.2) is 0 Å². The van der Waals surface area contributed by atoms with Crippen molar-refractivity contribution < 1.29 is 10.0 Å². The van der Waals surface area contributed by atoms with E-state index in [9.17, 15) is 4.79 Å². The molecule has 0 fully saturated rings. The quantitative estimate of drug-likeness (QED) is 0.256. The number of aromatic nitrogens is 2. The van der Waals surface area contributed by atoms with Crippen LogP contribution in [0, 0.1) is 0 Å². The van der Waals surface area contributed by atoms with Gasteiger partial charge in [-0.1, -0.05) is 5.16 Å². The van der Waals surface area contributed by atoms with Crippen LogP contribution in [-0.4, -0.2) is 26.7 Å². The van der Waals surface area contributed by atoms with Crippen LogP contribution in [0.25, 0.3) is 0 Å². The molecule has 14 heavy (non-hydrogen) atoms. The van der Waals surface area contributed by atoms with E-state index in [1.165, 1.54) is 17.8 Å². The number of anilines is 1. The van der Waals surface area contributed by atoms with Crippen LogP contribution in [0.1, 0.15) is 12.5 Å². The van der Waals surface area contributed by atoms with Crippen LogP contribution in [0.3, 0.4) is 0 Å². The summed E-state index contributed by atoms with van der Waals surface area (Å²) in [4.78, 5) is 10.8. The van der Waals surface area contributed by atoms with Crippen molar-refractivity contribution in [3.8, 4) is 0 Å². The van der Waals surface area contributed by atoms with Crippen molar-refractivity contribution in [3.05, 3.63) is 11.8 Å². The zero-order chi connectivity index (χ0) is 10.7. The van der Waals surface area contributed by atoms with Gasteiger partial charge in [0.2, 0.25) is 5.91 Å². The monoisotopic (exact) mass is 197 g/mol. The molecule has 0 aliphatic rings. The fourth-order valence-corrected chi connectivity index (χ4v) is 0.994. The number of aryl methyl sites for hydroxylation is 1. The summed E-state index contributed by atoms with van der Waals surface area (Å²) >= 11 is 0. The average molecular weight is 197 g/mol. The van der Waals surface area contributed by atoms with Crippen molar-refractivity contribution in [2.24, 2.45) is 17.9 Å². The Balaban J connectivity index is 3.12. The maximum absolute atomic E-state index is 10.8. The molecule has 0 spiro atoms. The van der Waals surface area contributed by atoms with Crippen molar-refractivity contribution in [1.82, 2.24) is 9.78 Å². The number of hydrogen-bond acceptors (Lipinski definition) is 4. The van der Waals surface area contributed by atoms with Gasteiger partial charge in [0.25, 0.3) is 0 Å². The molecule has 1 amide bonds. The lowest BCUT2D eigenvalue weighted by Gasteiger charge is -2.04. The van der Waals surface area contributed by atoms with Crippen LogP contribution in [0.4, 0.5) is 5.82 Å². The molecule has 7 heteroatoms. The molecule has 1 aromatic rings. The standard InChI is InChI=1S/C7H11N5O2/c1-4(13)10-7-5(6(8)11-14)3-9-12(7)2/h3,14H,1-2H3,(H2,8,11)(H,10,13). The van der Waals surface area contributed by atoms with Crippen LogP contribution in [-0.2, 0) is 11.8 Å². The third-order valence-electron chi connectivity index (χ3n) is 1.62. The molecule has 0 saturated carbocycles. The molecular formula is C7H11N5O2. The topological polar surface area (TPSA) is 106 Å². The minimum Gasteiger partial charge on any atom is -0.409 e. The van der Waals surface area contributed by atoms with Crippen LogP contribution < -0.4 is 11.1 Å². The second-order valence-corrected chi connectivity index (χ2v) is 2.70. The average Bonchev–Trinajstić information content (AvgIpc) is 2.46. The van der Waals surface area contributed by atoms with E-state index in [-0.39, 0.29) is 11.7 Å². The Kier molecular flexibility index (Phi) is 2.70. The molecule has 0 aromatic carbocycles. The largest absolute Gasteiger partial charge is 0.409 e. The fourth-order valence-electron chi connectivity index (χ4n) is 0.994. The van der Waals surface area contributed by atoms with E-state index in [4.69, 9.17) is 10.9 Å². The molecule has 0 atom stereocenters. The van der Waals surface area contributed by atoms with Gasteiger partial charge < -0.3 is 16.3 Å². The predicted octanol–water partition coefficient (Wildman–Crippen LogP) is -0.527.